The normalized spacial score (nSPS) is 16.3. The second-order valence-corrected chi connectivity index (χ2v) is 6.07. The number of nitrogens with zero attached hydrogens (tertiary/aromatic N) is 3. The summed E-state index contributed by atoms with van der Waals surface area (Å²) in [5.74, 6) is 1.75. The van der Waals surface area contributed by atoms with Gasteiger partial charge in [0.2, 0.25) is 0 Å². The maximum Gasteiger partial charge on any atom is 0.106 e. The number of hydrogen-bond acceptors (Lipinski definition) is 3. The average molecular weight is 272 g/mol. The van der Waals surface area contributed by atoms with Gasteiger partial charge in [-0.15, -0.1) is 0 Å². The van der Waals surface area contributed by atoms with E-state index in [4.69, 9.17) is 4.98 Å². The maximum atomic E-state index is 4.74. The van der Waals surface area contributed by atoms with Crippen LogP contribution in [-0.4, -0.2) is 35.7 Å². The topological polar surface area (TPSA) is 33.1 Å². The lowest BCUT2D eigenvalue weighted by atomic mass is 10.2. The summed E-state index contributed by atoms with van der Waals surface area (Å²) in [5, 5.41) is 3.40. The first-order valence-corrected chi connectivity index (χ1v) is 7.57. The molecule has 1 aliphatic rings. The molecule has 0 spiro atoms. The van der Waals surface area contributed by atoms with E-state index in [0.717, 1.165) is 44.1 Å². The van der Waals surface area contributed by atoms with Crippen LogP contribution in [0.3, 0.4) is 0 Å². The van der Waals surface area contributed by atoms with Gasteiger partial charge in [-0.1, -0.05) is 13.8 Å². The van der Waals surface area contributed by atoms with E-state index in [9.17, 15) is 0 Å². The molecule has 1 aliphatic heterocycles. The Kier molecular flexibility index (Phi) is 3.66. The van der Waals surface area contributed by atoms with E-state index >= 15 is 0 Å². The van der Waals surface area contributed by atoms with Gasteiger partial charge in [0.15, 0.2) is 0 Å². The monoisotopic (exact) mass is 272 g/mol. The Hall–Kier alpha value is -1.55. The predicted molar refractivity (Wildman–Crippen MR) is 84.4 cm³/mol. The molecular weight excluding hydrogens is 248 g/mol. The van der Waals surface area contributed by atoms with Gasteiger partial charge in [0.05, 0.1) is 11.0 Å². The van der Waals surface area contributed by atoms with Crippen LogP contribution in [0, 0.1) is 12.8 Å². The standard InChI is InChI=1S/C16H24N4/c1-12(2)11-20-13(3)18-15-10-14(4-5-16(15)20)19-8-6-17-7-9-19/h4-5,10,12,17H,6-9,11H2,1-3H3. The lowest BCUT2D eigenvalue weighted by Gasteiger charge is -2.29. The molecule has 4 nitrogen and oxygen atoms in total. The molecule has 1 aromatic carbocycles. The Morgan fingerprint density at radius 2 is 2.00 bits per heavy atom. The van der Waals surface area contributed by atoms with E-state index in [1.165, 1.54) is 11.2 Å². The molecule has 0 saturated carbocycles. The zero-order valence-electron chi connectivity index (χ0n) is 12.7. The Morgan fingerprint density at radius 1 is 1.25 bits per heavy atom. The zero-order chi connectivity index (χ0) is 14.1. The number of benzene rings is 1. The summed E-state index contributed by atoms with van der Waals surface area (Å²) in [6.45, 7) is 11.9. The van der Waals surface area contributed by atoms with Crippen molar-refractivity contribution in [2.24, 2.45) is 5.92 Å². The summed E-state index contributed by atoms with van der Waals surface area (Å²) in [7, 11) is 0. The minimum atomic E-state index is 0.638. The highest BCUT2D eigenvalue weighted by Gasteiger charge is 2.13. The minimum absolute atomic E-state index is 0.638. The van der Waals surface area contributed by atoms with Crippen molar-refractivity contribution in [2.45, 2.75) is 27.3 Å². The SMILES string of the molecule is Cc1nc2cc(N3CCNCC3)ccc2n1CC(C)C. The van der Waals surface area contributed by atoms with Gasteiger partial charge in [0, 0.05) is 38.4 Å². The highest BCUT2D eigenvalue weighted by Crippen LogP contribution is 2.24. The van der Waals surface area contributed by atoms with E-state index < -0.39 is 0 Å². The molecule has 2 aromatic rings. The van der Waals surface area contributed by atoms with Crippen molar-refractivity contribution in [3.8, 4) is 0 Å². The largest absolute Gasteiger partial charge is 0.369 e. The van der Waals surface area contributed by atoms with E-state index in [1.807, 2.05) is 0 Å². The Balaban J connectivity index is 1.95. The lowest BCUT2D eigenvalue weighted by molar-refractivity contribution is 0.524. The van der Waals surface area contributed by atoms with Crippen molar-refractivity contribution in [1.29, 1.82) is 0 Å². The second kappa shape index (κ2) is 5.44. The second-order valence-electron chi connectivity index (χ2n) is 6.07. The van der Waals surface area contributed by atoms with Crippen LogP contribution in [0.4, 0.5) is 5.69 Å². The molecule has 108 valence electrons. The zero-order valence-corrected chi connectivity index (χ0v) is 12.7. The van der Waals surface area contributed by atoms with Gasteiger partial charge in [-0.25, -0.2) is 4.98 Å². The Bertz CT molecular complexity index is 594. The summed E-state index contributed by atoms with van der Waals surface area (Å²) in [6, 6.07) is 6.71. The number of piperazine rings is 1. The van der Waals surface area contributed by atoms with Gasteiger partial charge in [0.25, 0.3) is 0 Å². The fraction of sp³-hybridized carbons (Fsp3) is 0.562. The van der Waals surface area contributed by atoms with Crippen LogP contribution in [0.5, 0.6) is 0 Å². The third-order valence-electron chi connectivity index (χ3n) is 3.95. The number of aromatic nitrogens is 2. The number of rotatable bonds is 3. The van der Waals surface area contributed by atoms with Crippen molar-refractivity contribution in [2.75, 3.05) is 31.1 Å². The van der Waals surface area contributed by atoms with Gasteiger partial charge >= 0.3 is 0 Å². The highest BCUT2D eigenvalue weighted by molar-refractivity contribution is 5.80. The van der Waals surface area contributed by atoms with Crippen molar-refractivity contribution < 1.29 is 0 Å². The fourth-order valence-corrected chi connectivity index (χ4v) is 2.95. The van der Waals surface area contributed by atoms with Gasteiger partial charge < -0.3 is 14.8 Å². The molecule has 1 aromatic heterocycles. The first-order chi connectivity index (χ1) is 9.65. The molecule has 1 saturated heterocycles. The van der Waals surface area contributed by atoms with Gasteiger partial charge in [-0.05, 0) is 31.0 Å². The van der Waals surface area contributed by atoms with Crippen LogP contribution in [0.1, 0.15) is 19.7 Å². The summed E-state index contributed by atoms with van der Waals surface area (Å²) in [6.07, 6.45) is 0. The molecule has 0 atom stereocenters. The summed E-state index contributed by atoms with van der Waals surface area (Å²) >= 11 is 0. The smallest absolute Gasteiger partial charge is 0.106 e. The van der Waals surface area contributed by atoms with Crippen LogP contribution in [0.25, 0.3) is 11.0 Å². The number of nitrogens with one attached hydrogen (secondary N) is 1. The van der Waals surface area contributed by atoms with Crippen molar-refractivity contribution in [3.63, 3.8) is 0 Å². The first kappa shape index (κ1) is 13.4. The Labute approximate surface area is 120 Å². The maximum absolute atomic E-state index is 4.74. The molecule has 1 N–H and O–H groups in total. The molecule has 0 bridgehead atoms. The third-order valence-corrected chi connectivity index (χ3v) is 3.95. The highest BCUT2D eigenvalue weighted by atomic mass is 15.2. The summed E-state index contributed by atoms with van der Waals surface area (Å²) in [4.78, 5) is 7.18. The van der Waals surface area contributed by atoms with Crippen LogP contribution < -0.4 is 10.2 Å². The van der Waals surface area contributed by atoms with Crippen molar-refractivity contribution in [1.82, 2.24) is 14.9 Å². The molecule has 20 heavy (non-hydrogen) atoms. The van der Waals surface area contributed by atoms with Crippen LogP contribution >= 0.6 is 0 Å². The number of aryl methyl sites for hydroxylation is 1. The minimum Gasteiger partial charge on any atom is -0.369 e. The van der Waals surface area contributed by atoms with E-state index in [0.29, 0.717) is 5.92 Å². The molecule has 0 radical (unpaired) electrons. The average Bonchev–Trinajstić information content (AvgIpc) is 2.75. The van der Waals surface area contributed by atoms with E-state index in [2.05, 4.69) is 53.8 Å². The molecule has 4 heteroatoms. The summed E-state index contributed by atoms with van der Waals surface area (Å²) in [5.41, 5.74) is 3.68. The van der Waals surface area contributed by atoms with Crippen molar-refractivity contribution >= 4 is 16.7 Å². The molecule has 0 amide bonds. The molecule has 1 fully saturated rings. The number of hydrogen-bond donors (Lipinski definition) is 1. The van der Waals surface area contributed by atoms with Crippen LogP contribution in [0.15, 0.2) is 18.2 Å². The first-order valence-electron chi connectivity index (χ1n) is 7.57. The number of imidazole rings is 1. The molecular formula is C16H24N4. The Morgan fingerprint density at radius 3 is 2.70 bits per heavy atom. The predicted octanol–water partition coefficient (Wildman–Crippen LogP) is 2.41. The van der Waals surface area contributed by atoms with E-state index in [-0.39, 0.29) is 0 Å². The molecule has 0 aliphatic carbocycles. The van der Waals surface area contributed by atoms with Crippen LogP contribution in [-0.2, 0) is 6.54 Å². The quantitative estimate of drug-likeness (QED) is 0.931. The van der Waals surface area contributed by atoms with Gasteiger partial charge in [0.1, 0.15) is 5.82 Å². The van der Waals surface area contributed by atoms with E-state index in [1.54, 1.807) is 0 Å². The molecule has 2 heterocycles. The lowest BCUT2D eigenvalue weighted by Crippen LogP contribution is -2.43. The van der Waals surface area contributed by atoms with Crippen molar-refractivity contribution in [3.05, 3.63) is 24.0 Å². The van der Waals surface area contributed by atoms with Gasteiger partial charge in [-0.2, -0.15) is 0 Å². The number of anilines is 1. The molecule has 3 rings (SSSR count). The number of fused-ring (bicyclic) bond motifs is 1. The third kappa shape index (κ3) is 2.52. The molecule has 0 unspecified atom stereocenters. The fourth-order valence-electron chi connectivity index (χ4n) is 2.95. The van der Waals surface area contributed by atoms with Gasteiger partial charge in [-0.3, -0.25) is 0 Å². The summed E-state index contributed by atoms with van der Waals surface area (Å²) < 4.78 is 2.33. The van der Waals surface area contributed by atoms with Crippen LogP contribution in [0.2, 0.25) is 0 Å².